The number of aromatic nitrogens is 4. The van der Waals surface area contributed by atoms with Crippen molar-refractivity contribution in [2.24, 2.45) is 0 Å². The Bertz CT molecular complexity index is 503. The van der Waals surface area contributed by atoms with Crippen molar-refractivity contribution < 1.29 is 0 Å². The van der Waals surface area contributed by atoms with Crippen molar-refractivity contribution in [1.29, 1.82) is 0 Å². The maximum Gasteiger partial charge on any atom is 0.137 e. The summed E-state index contributed by atoms with van der Waals surface area (Å²) in [5.41, 5.74) is 1.81. The van der Waals surface area contributed by atoms with Crippen molar-refractivity contribution in [1.82, 2.24) is 20.2 Å². The number of nitrogens with zero attached hydrogens (tertiary/aromatic N) is 4. The first kappa shape index (κ1) is 12.7. The van der Waals surface area contributed by atoms with Crippen molar-refractivity contribution in [3.63, 3.8) is 0 Å². The van der Waals surface area contributed by atoms with Crippen molar-refractivity contribution in [2.45, 2.75) is 26.3 Å². The number of hydrogen-bond donors (Lipinski definition) is 1. The summed E-state index contributed by atoms with van der Waals surface area (Å²) < 4.78 is 0. The van der Waals surface area contributed by atoms with Gasteiger partial charge in [-0.15, -0.1) is 0 Å². The van der Waals surface area contributed by atoms with Gasteiger partial charge in [0.15, 0.2) is 0 Å². The number of nitrogens with one attached hydrogen (secondary N) is 1. The summed E-state index contributed by atoms with van der Waals surface area (Å²) in [5.74, 6) is 0.766. The van der Waals surface area contributed by atoms with Gasteiger partial charge >= 0.3 is 0 Å². The molecule has 2 aromatic rings. The van der Waals surface area contributed by atoms with Gasteiger partial charge in [0.2, 0.25) is 0 Å². The molecule has 18 heavy (non-hydrogen) atoms. The van der Waals surface area contributed by atoms with Gasteiger partial charge in [0, 0.05) is 11.8 Å². The highest BCUT2D eigenvalue weighted by atomic mass is 35.5. The molecular formula is C12H14ClN5. The summed E-state index contributed by atoms with van der Waals surface area (Å²) >= 11 is 6.07. The molecule has 0 spiro atoms. The molecule has 0 bridgehead atoms. The van der Waals surface area contributed by atoms with Crippen LogP contribution in [0.2, 0.25) is 5.15 Å². The second kappa shape index (κ2) is 6.26. The molecule has 2 aromatic heterocycles. The van der Waals surface area contributed by atoms with Crippen molar-refractivity contribution in [3.05, 3.63) is 41.1 Å². The SMILES string of the molecule is CCCc1c(Cl)ncnc1NCc1cccnn1. The van der Waals surface area contributed by atoms with Crippen LogP contribution >= 0.6 is 11.6 Å². The first-order valence-electron chi connectivity index (χ1n) is 5.81. The van der Waals surface area contributed by atoms with Crippen LogP contribution in [0, 0.1) is 0 Å². The van der Waals surface area contributed by atoms with Gasteiger partial charge in [0.25, 0.3) is 0 Å². The molecule has 0 aromatic carbocycles. The van der Waals surface area contributed by atoms with Gasteiger partial charge in [0.05, 0.1) is 12.2 Å². The van der Waals surface area contributed by atoms with Crippen LogP contribution in [0.5, 0.6) is 0 Å². The summed E-state index contributed by atoms with van der Waals surface area (Å²) in [6.45, 7) is 2.66. The quantitative estimate of drug-likeness (QED) is 0.840. The molecule has 0 atom stereocenters. The van der Waals surface area contributed by atoms with Gasteiger partial charge in [-0.05, 0) is 18.6 Å². The van der Waals surface area contributed by atoms with Crippen LogP contribution in [-0.2, 0) is 13.0 Å². The maximum absolute atomic E-state index is 6.07. The zero-order valence-corrected chi connectivity index (χ0v) is 10.9. The molecule has 1 N–H and O–H groups in total. The fourth-order valence-corrected chi connectivity index (χ4v) is 1.84. The minimum absolute atomic E-state index is 0.508. The first-order valence-corrected chi connectivity index (χ1v) is 6.19. The van der Waals surface area contributed by atoms with Crippen LogP contribution in [-0.4, -0.2) is 20.2 Å². The smallest absolute Gasteiger partial charge is 0.137 e. The molecule has 0 aliphatic carbocycles. The third-order valence-electron chi connectivity index (χ3n) is 2.46. The van der Waals surface area contributed by atoms with Gasteiger partial charge in [-0.1, -0.05) is 24.9 Å². The van der Waals surface area contributed by atoms with E-state index in [0.29, 0.717) is 11.7 Å². The minimum atomic E-state index is 0.508. The molecule has 0 amide bonds. The lowest BCUT2D eigenvalue weighted by Gasteiger charge is -2.10. The van der Waals surface area contributed by atoms with Crippen LogP contribution in [0.15, 0.2) is 24.7 Å². The predicted molar refractivity (Wildman–Crippen MR) is 70.4 cm³/mol. The molecular weight excluding hydrogens is 250 g/mol. The van der Waals surface area contributed by atoms with Crippen molar-refractivity contribution in [3.8, 4) is 0 Å². The lowest BCUT2D eigenvalue weighted by Crippen LogP contribution is -2.07. The van der Waals surface area contributed by atoms with Gasteiger partial charge < -0.3 is 5.32 Å². The number of halogens is 1. The topological polar surface area (TPSA) is 63.6 Å². The molecule has 6 heteroatoms. The maximum atomic E-state index is 6.07. The molecule has 0 saturated heterocycles. The molecule has 0 radical (unpaired) electrons. The van der Waals surface area contributed by atoms with E-state index < -0.39 is 0 Å². The molecule has 5 nitrogen and oxygen atoms in total. The Balaban J connectivity index is 2.11. The van der Waals surface area contributed by atoms with E-state index >= 15 is 0 Å². The summed E-state index contributed by atoms with van der Waals surface area (Å²) in [7, 11) is 0. The third kappa shape index (κ3) is 3.13. The number of hydrogen-bond acceptors (Lipinski definition) is 5. The fraction of sp³-hybridized carbons (Fsp3) is 0.333. The molecule has 0 aliphatic rings. The Morgan fingerprint density at radius 2 is 2.22 bits per heavy atom. The van der Waals surface area contributed by atoms with E-state index in [9.17, 15) is 0 Å². The highest BCUT2D eigenvalue weighted by Gasteiger charge is 2.08. The van der Waals surface area contributed by atoms with E-state index in [0.717, 1.165) is 29.9 Å². The second-order valence-electron chi connectivity index (χ2n) is 3.81. The van der Waals surface area contributed by atoms with Crippen LogP contribution in [0.4, 0.5) is 5.82 Å². The minimum Gasteiger partial charge on any atom is -0.364 e. The van der Waals surface area contributed by atoms with E-state index in [1.807, 2.05) is 12.1 Å². The molecule has 0 fully saturated rings. The average molecular weight is 264 g/mol. The lowest BCUT2D eigenvalue weighted by molar-refractivity contribution is 0.884. The van der Waals surface area contributed by atoms with Gasteiger partial charge in [0.1, 0.15) is 17.3 Å². The average Bonchev–Trinajstić information content (AvgIpc) is 2.41. The summed E-state index contributed by atoms with van der Waals surface area (Å²) in [6.07, 6.45) is 4.95. The second-order valence-corrected chi connectivity index (χ2v) is 4.17. The summed E-state index contributed by atoms with van der Waals surface area (Å²) in [5, 5.41) is 11.6. The zero-order valence-electron chi connectivity index (χ0n) is 10.1. The van der Waals surface area contributed by atoms with E-state index in [-0.39, 0.29) is 0 Å². The van der Waals surface area contributed by atoms with Crippen LogP contribution < -0.4 is 5.32 Å². The predicted octanol–water partition coefficient (Wildman–Crippen LogP) is 2.48. The molecule has 2 rings (SSSR count). The van der Waals surface area contributed by atoms with Crippen molar-refractivity contribution in [2.75, 3.05) is 5.32 Å². The number of rotatable bonds is 5. The van der Waals surface area contributed by atoms with E-state index in [4.69, 9.17) is 11.6 Å². The van der Waals surface area contributed by atoms with Gasteiger partial charge in [-0.25, -0.2) is 9.97 Å². The standard InChI is InChI=1S/C12H14ClN5/c1-2-4-10-11(13)15-8-16-12(10)14-7-9-5-3-6-17-18-9/h3,5-6,8H,2,4,7H2,1H3,(H,14,15,16). The van der Waals surface area contributed by atoms with Crippen LogP contribution in [0.1, 0.15) is 24.6 Å². The zero-order chi connectivity index (χ0) is 12.8. The third-order valence-corrected chi connectivity index (χ3v) is 2.78. The number of anilines is 1. The molecule has 0 saturated carbocycles. The Morgan fingerprint density at radius 3 is 2.94 bits per heavy atom. The van der Waals surface area contributed by atoms with Crippen LogP contribution in [0.25, 0.3) is 0 Å². The van der Waals surface area contributed by atoms with Gasteiger partial charge in [-0.3, -0.25) is 0 Å². The Labute approximate surface area is 111 Å². The first-order chi connectivity index (χ1) is 8.81. The summed E-state index contributed by atoms with van der Waals surface area (Å²) in [6, 6.07) is 3.76. The highest BCUT2D eigenvalue weighted by molar-refractivity contribution is 6.30. The normalized spacial score (nSPS) is 10.3. The monoisotopic (exact) mass is 263 g/mol. The largest absolute Gasteiger partial charge is 0.364 e. The Morgan fingerprint density at radius 1 is 1.33 bits per heavy atom. The van der Waals surface area contributed by atoms with E-state index in [1.165, 1.54) is 6.33 Å². The lowest BCUT2D eigenvalue weighted by atomic mass is 10.2. The Kier molecular flexibility index (Phi) is 4.41. The van der Waals surface area contributed by atoms with E-state index in [1.54, 1.807) is 6.20 Å². The summed E-state index contributed by atoms with van der Waals surface area (Å²) in [4.78, 5) is 8.22. The highest BCUT2D eigenvalue weighted by Crippen LogP contribution is 2.21. The Hall–Kier alpha value is -1.75. The molecule has 0 unspecified atom stereocenters. The molecule has 2 heterocycles. The molecule has 0 aliphatic heterocycles. The molecule has 94 valence electrons. The van der Waals surface area contributed by atoms with Crippen LogP contribution in [0.3, 0.4) is 0 Å². The van der Waals surface area contributed by atoms with Gasteiger partial charge in [-0.2, -0.15) is 10.2 Å². The fourth-order valence-electron chi connectivity index (χ4n) is 1.62. The van der Waals surface area contributed by atoms with Crippen molar-refractivity contribution >= 4 is 17.4 Å². The van der Waals surface area contributed by atoms with E-state index in [2.05, 4.69) is 32.4 Å².